The van der Waals surface area contributed by atoms with Crippen molar-refractivity contribution < 1.29 is 16.8 Å². The highest BCUT2D eigenvalue weighted by atomic mass is 35.5. The van der Waals surface area contributed by atoms with Crippen LogP contribution in [0.5, 0.6) is 0 Å². The van der Waals surface area contributed by atoms with Crippen molar-refractivity contribution in [2.45, 2.75) is 0 Å². The number of aromatic nitrogens is 3. The maximum absolute atomic E-state index is 3.66. The number of H-pyrrole nitrogens is 1. The number of pyridine rings is 1. The molecule has 29 heavy (non-hydrogen) atoms. The van der Waals surface area contributed by atoms with Crippen LogP contribution in [-0.2, 0) is 0 Å². The molecule has 0 unspecified atom stereocenters. The Morgan fingerprint density at radius 2 is 1.38 bits per heavy atom. The molecule has 1 N–H and O–H groups in total. The number of para-hydroxylation sites is 2. The van der Waals surface area contributed by atoms with Crippen molar-refractivity contribution in [2.75, 3.05) is 0 Å². The van der Waals surface area contributed by atoms with E-state index in [1.165, 1.54) is 27.5 Å². The second-order valence-electron chi connectivity index (χ2n) is 7.07. The number of benzene rings is 3. The number of aromatic amines is 1. The van der Waals surface area contributed by atoms with Crippen LogP contribution in [0.4, 0.5) is 0 Å². The minimum absolute atomic E-state index is 0. The van der Waals surface area contributed by atoms with Crippen molar-refractivity contribution in [1.82, 2.24) is 9.55 Å². The van der Waals surface area contributed by atoms with E-state index in [-0.39, 0.29) is 12.4 Å². The van der Waals surface area contributed by atoms with Crippen molar-refractivity contribution in [3.8, 4) is 16.9 Å². The third kappa shape index (κ3) is 2.63. The van der Waals surface area contributed by atoms with Crippen molar-refractivity contribution in [3.63, 3.8) is 0 Å². The molecule has 0 bridgehead atoms. The molecule has 6 aromatic rings. The molecule has 0 aliphatic carbocycles. The van der Waals surface area contributed by atoms with Crippen molar-refractivity contribution in [3.05, 3.63) is 104 Å². The van der Waals surface area contributed by atoms with Gasteiger partial charge in [-0.25, -0.2) is 0 Å². The Morgan fingerprint density at radius 3 is 2.17 bits per heavy atom. The molecule has 0 aliphatic rings. The summed E-state index contributed by atoms with van der Waals surface area (Å²) >= 11 is 0. The number of hydrogen-bond acceptors (Lipinski definition) is 0. The van der Waals surface area contributed by atoms with Crippen LogP contribution in [0.15, 0.2) is 104 Å². The van der Waals surface area contributed by atoms with E-state index in [1.54, 1.807) is 0 Å². The molecule has 6 rings (SSSR count). The van der Waals surface area contributed by atoms with Crippen LogP contribution in [0.2, 0.25) is 0 Å². The molecule has 0 saturated carbocycles. The number of hydrogen-bond donors (Lipinski definition) is 1. The molecule has 140 valence electrons. The fourth-order valence-electron chi connectivity index (χ4n) is 4.17. The average Bonchev–Trinajstić information content (AvgIpc) is 3.33. The van der Waals surface area contributed by atoms with E-state index in [0.29, 0.717) is 0 Å². The van der Waals surface area contributed by atoms with Gasteiger partial charge in [0.15, 0.2) is 5.69 Å². The topological polar surface area (TPSA) is 24.8 Å². The van der Waals surface area contributed by atoms with E-state index >= 15 is 0 Å². The smallest absolute Gasteiger partial charge is 0.254 e. The largest absolute Gasteiger partial charge is 1.00 e. The summed E-state index contributed by atoms with van der Waals surface area (Å²) in [4.78, 5) is 3.66. The first kappa shape index (κ1) is 17.5. The van der Waals surface area contributed by atoms with Crippen LogP contribution in [-0.4, -0.2) is 9.55 Å². The number of nitrogens with zero attached hydrogens (tertiary/aromatic N) is 2. The highest BCUT2D eigenvalue weighted by molar-refractivity contribution is 6.13. The summed E-state index contributed by atoms with van der Waals surface area (Å²) in [6.45, 7) is 0. The molecular formula is C25H18ClN3. The molecule has 3 nitrogen and oxygen atoms in total. The Balaban J connectivity index is 0.00000181. The second-order valence-corrected chi connectivity index (χ2v) is 7.07. The van der Waals surface area contributed by atoms with E-state index in [2.05, 4.69) is 117 Å². The average molecular weight is 396 g/mol. The van der Waals surface area contributed by atoms with Gasteiger partial charge in [0.1, 0.15) is 5.69 Å². The molecule has 3 heterocycles. The highest BCUT2D eigenvalue weighted by Crippen LogP contribution is 2.33. The van der Waals surface area contributed by atoms with E-state index in [0.717, 1.165) is 16.7 Å². The molecule has 3 aromatic heterocycles. The van der Waals surface area contributed by atoms with Gasteiger partial charge in [0.05, 0.1) is 11.7 Å². The van der Waals surface area contributed by atoms with Crippen LogP contribution in [0, 0.1) is 0 Å². The zero-order chi connectivity index (χ0) is 18.5. The van der Waals surface area contributed by atoms with Gasteiger partial charge in [-0.1, -0.05) is 66.7 Å². The molecule has 0 spiro atoms. The van der Waals surface area contributed by atoms with Crippen LogP contribution >= 0.6 is 0 Å². The molecule has 0 atom stereocenters. The Labute approximate surface area is 174 Å². The Hall–Kier alpha value is -3.56. The first-order valence-corrected chi connectivity index (χ1v) is 9.47. The standard InChI is InChI=1S/C25H18N3.ClH/c1-3-9-18(10-4-1)24-25-23-21(20-13-7-8-14-22(20)26-23)15-16-27(25)17-28(24)19-11-5-2-6-12-19;/h1-17,26H;1H/q+1;/p-1. The minimum Gasteiger partial charge on any atom is -1.00 e. The SMILES string of the molecule is [Cl-].c1ccc(-c2c3c4[nH]c5ccccc5c4cc[n+]3cn2-c2ccccc2)cc1. The summed E-state index contributed by atoms with van der Waals surface area (Å²) in [6.07, 6.45) is 4.32. The fourth-order valence-corrected chi connectivity index (χ4v) is 4.17. The molecular weight excluding hydrogens is 378 g/mol. The van der Waals surface area contributed by atoms with E-state index < -0.39 is 0 Å². The van der Waals surface area contributed by atoms with Gasteiger partial charge in [-0.2, -0.15) is 8.97 Å². The summed E-state index contributed by atoms with van der Waals surface area (Å²) < 4.78 is 4.49. The minimum atomic E-state index is 0. The van der Waals surface area contributed by atoms with Gasteiger partial charge in [0.25, 0.3) is 6.33 Å². The van der Waals surface area contributed by atoms with E-state index in [9.17, 15) is 0 Å². The normalized spacial score (nSPS) is 11.2. The molecule has 0 aliphatic heterocycles. The predicted molar refractivity (Wildman–Crippen MR) is 114 cm³/mol. The summed E-state index contributed by atoms with van der Waals surface area (Å²) in [5, 5.41) is 2.50. The monoisotopic (exact) mass is 395 g/mol. The Bertz CT molecular complexity index is 1450. The van der Waals surface area contributed by atoms with Gasteiger partial charge < -0.3 is 17.4 Å². The number of halogens is 1. The van der Waals surface area contributed by atoms with Gasteiger partial charge in [0, 0.05) is 21.9 Å². The molecule has 3 aromatic carbocycles. The number of nitrogens with one attached hydrogen (secondary N) is 1. The molecule has 0 fully saturated rings. The third-order valence-corrected chi connectivity index (χ3v) is 5.43. The molecule has 0 radical (unpaired) electrons. The fraction of sp³-hybridized carbons (Fsp3) is 0. The lowest BCUT2D eigenvalue weighted by molar-refractivity contribution is -0.510. The lowest BCUT2D eigenvalue weighted by atomic mass is 10.1. The second kappa shape index (κ2) is 6.80. The summed E-state index contributed by atoms with van der Waals surface area (Å²) in [5.41, 5.74) is 7.04. The van der Waals surface area contributed by atoms with Gasteiger partial charge in [-0.3, -0.25) is 0 Å². The predicted octanol–water partition coefficient (Wildman–Crippen LogP) is 2.52. The van der Waals surface area contributed by atoms with Gasteiger partial charge in [0.2, 0.25) is 5.52 Å². The molecule has 0 saturated heterocycles. The first-order chi connectivity index (χ1) is 13.9. The van der Waals surface area contributed by atoms with Crippen LogP contribution < -0.4 is 16.8 Å². The summed E-state index contributed by atoms with van der Waals surface area (Å²) in [6, 6.07) is 31.8. The lowest BCUT2D eigenvalue weighted by Crippen LogP contribution is -3.00. The summed E-state index contributed by atoms with van der Waals surface area (Å²) in [7, 11) is 0. The van der Waals surface area contributed by atoms with Crippen molar-refractivity contribution >= 4 is 27.3 Å². The van der Waals surface area contributed by atoms with E-state index in [1.807, 2.05) is 0 Å². The Kier molecular flexibility index (Phi) is 4.11. The quantitative estimate of drug-likeness (QED) is 0.436. The number of rotatable bonds is 2. The maximum atomic E-state index is 3.66. The number of fused-ring (bicyclic) bond motifs is 5. The lowest BCUT2D eigenvalue weighted by Gasteiger charge is -2.02. The molecule has 0 amide bonds. The number of imidazole rings is 1. The van der Waals surface area contributed by atoms with Gasteiger partial charge in [-0.15, -0.1) is 0 Å². The zero-order valence-corrected chi connectivity index (χ0v) is 16.3. The summed E-state index contributed by atoms with van der Waals surface area (Å²) in [5.74, 6) is 0. The van der Waals surface area contributed by atoms with Crippen molar-refractivity contribution in [1.29, 1.82) is 0 Å². The third-order valence-electron chi connectivity index (χ3n) is 5.43. The van der Waals surface area contributed by atoms with Gasteiger partial charge >= 0.3 is 0 Å². The van der Waals surface area contributed by atoms with Crippen LogP contribution in [0.1, 0.15) is 0 Å². The first-order valence-electron chi connectivity index (χ1n) is 9.47. The maximum Gasteiger partial charge on any atom is 0.254 e. The molecule has 4 heteroatoms. The Morgan fingerprint density at radius 1 is 0.690 bits per heavy atom. The van der Waals surface area contributed by atoms with Crippen LogP contribution in [0.3, 0.4) is 0 Å². The highest BCUT2D eigenvalue weighted by Gasteiger charge is 2.24. The van der Waals surface area contributed by atoms with Crippen LogP contribution in [0.25, 0.3) is 44.3 Å². The van der Waals surface area contributed by atoms with Gasteiger partial charge in [-0.05, 0) is 24.3 Å². The van der Waals surface area contributed by atoms with Crippen molar-refractivity contribution in [2.24, 2.45) is 0 Å². The zero-order valence-electron chi connectivity index (χ0n) is 15.6. The van der Waals surface area contributed by atoms with E-state index in [4.69, 9.17) is 0 Å².